The van der Waals surface area contributed by atoms with E-state index in [9.17, 15) is 0 Å². The summed E-state index contributed by atoms with van der Waals surface area (Å²) in [5, 5.41) is 2.24. The molecule has 1 aliphatic rings. The zero-order valence-corrected chi connectivity index (χ0v) is 9.04. The Kier molecular flexibility index (Phi) is 3.59. The maximum Gasteiger partial charge on any atom is 0.0290 e. The predicted molar refractivity (Wildman–Crippen MR) is 56.4 cm³/mol. The van der Waals surface area contributed by atoms with E-state index in [4.69, 9.17) is 5.73 Å². The monoisotopic (exact) mass is 191 g/mol. The van der Waals surface area contributed by atoms with Crippen LogP contribution in [0, 0.1) is 0 Å². The van der Waals surface area contributed by atoms with Gasteiger partial charge in [-0.3, -0.25) is 0 Å². The predicted octanol–water partition coefficient (Wildman–Crippen LogP) is 1.96. The lowest BCUT2D eigenvalue weighted by atomic mass is 10.3. The smallest absolute Gasteiger partial charge is 0.0290 e. The van der Waals surface area contributed by atoms with Crippen molar-refractivity contribution in [1.82, 2.24) is 0 Å². The lowest BCUT2D eigenvalue weighted by Gasteiger charge is -2.33. The van der Waals surface area contributed by atoms with Gasteiger partial charge in [-0.1, -0.05) is 13.8 Å². The van der Waals surface area contributed by atoms with Gasteiger partial charge in [0.2, 0.25) is 0 Å². The van der Waals surface area contributed by atoms with E-state index in [0.717, 1.165) is 10.5 Å². The van der Waals surface area contributed by atoms with Crippen molar-refractivity contribution in [3.8, 4) is 0 Å². The molecule has 1 fully saturated rings. The van der Waals surface area contributed by atoms with Gasteiger partial charge in [-0.15, -0.1) is 0 Å². The summed E-state index contributed by atoms with van der Waals surface area (Å²) in [6, 6.07) is 0.349. The molecule has 1 aliphatic heterocycles. The van der Waals surface area contributed by atoms with Crippen molar-refractivity contribution in [3.05, 3.63) is 0 Å². The molecule has 0 aliphatic carbocycles. The van der Waals surface area contributed by atoms with Crippen molar-refractivity contribution in [2.45, 2.75) is 42.6 Å². The standard InChI is InChI=1S/C8H17NS2/c1-5(9)8-4-10-6(2)7(3)11-8/h5-8H,4,9H2,1-3H3. The summed E-state index contributed by atoms with van der Waals surface area (Å²) in [5.74, 6) is 1.23. The fraction of sp³-hybridized carbons (Fsp3) is 1.00. The zero-order chi connectivity index (χ0) is 8.43. The van der Waals surface area contributed by atoms with Gasteiger partial charge in [0.25, 0.3) is 0 Å². The van der Waals surface area contributed by atoms with Gasteiger partial charge in [0.05, 0.1) is 0 Å². The Bertz CT molecular complexity index is 127. The van der Waals surface area contributed by atoms with Crippen molar-refractivity contribution < 1.29 is 0 Å². The number of rotatable bonds is 1. The van der Waals surface area contributed by atoms with Crippen molar-refractivity contribution >= 4 is 23.5 Å². The van der Waals surface area contributed by atoms with Gasteiger partial charge >= 0.3 is 0 Å². The average molecular weight is 191 g/mol. The number of nitrogens with two attached hydrogens (primary N) is 1. The van der Waals surface area contributed by atoms with E-state index in [1.54, 1.807) is 0 Å². The maximum atomic E-state index is 5.84. The molecule has 0 aromatic rings. The maximum absolute atomic E-state index is 5.84. The topological polar surface area (TPSA) is 26.0 Å². The van der Waals surface area contributed by atoms with E-state index < -0.39 is 0 Å². The van der Waals surface area contributed by atoms with Crippen LogP contribution >= 0.6 is 23.5 Å². The first-order valence-corrected chi connectivity index (χ1v) is 6.13. The van der Waals surface area contributed by atoms with Crippen LogP contribution in [0.2, 0.25) is 0 Å². The summed E-state index contributed by atoms with van der Waals surface area (Å²) >= 11 is 4.12. The summed E-state index contributed by atoms with van der Waals surface area (Å²) in [4.78, 5) is 0. The van der Waals surface area contributed by atoms with E-state index in [1.807, 2.05) is 0 Å². The molecule has 0 aromatic heterocycles. The summed E-state index contributed by atoms with van der Waals surface area (Å²) in [6.45, 7) is 6.72. The third-order valence-corrected chi connectivity index (χ3v) is 5.81. The highest BCUT2D eigenvalue weighted by Crippen LogP contribution is 2.36. The normalized spacial score (nSPS) is 42.0. The van der Waals surface area contributed by atoms with Crippen molar-refractivity contribution in [1.29, 1.82) is 0 Å². The minimum absolute atomic E-state index is 0.349. The minimum atomic E-state index is 0.349. The molecule has 0 radical (unpaired) electrons. The molecule has 4 unspecified atom stereocenters. The van der Waals surface area contributed by atoms with E-state index in [1.165, 1.54) is 5.75 Å². The SMILES string of the molecule is CC(N)C1CSC(C)C(C)S1. The Balaban J connectivity index is 2.40. The fourth-order valence-corrected chi connectivity index (χ4v) is 4.15. The van der Waals surface area contributed by atoms with Gasteiger partial charge in [0, 0.05) is 27.5 Å². The number of thioether (sulfide) groups is 2. The average Bonchev–Trinajstić information content (AvgIpc) is 1.94. The van der Waals surface area contributed by atoms with Crippen LogP contribution < -0.4 is 5.73 Å². The van der Waals surface area contributed by atoms with Crippen molar-refractivity contribution in [2.24, 2.45) is 5.73 Å². The molecule has 1 nitrogen and oxygen atoms in total. The highest BCUT2D eigenvalue weighted by Gasteiger charge is 2.27. The molecule has 4 atom stereocenters. The first kappa shape index (κ1) is 9.75. The second kappa shape index (κ2) is 4.06. The van der Waals surface area contributed by atoms with Crippen LogP contribution in [0.4, 0.5) is 0 Å². The first-order valence-electron chi connectivity index (χ1n) is 4.14. The third-order valence-electron chi connectivity index (χ3n) is 2.16. The lowest BCUT2D eigenvalue weighted by molar-refractivity contribution is 0.722. The van der Waals surface area contributed by atoms with E-state index in [-0.39, 0.29) is 0 Å². The van der Waals surface area contributed by atoms with Gasteiger partial charge in [0.1, 0.15) is 0 Å². The second-order valence-corrected chi connectivity index (χ2v) is 6.31. The quantitative estimate of drug-likeness (QED) is 0.686. The highest BCUT2D eigenvalue weighted by atomic mass is 32.2. The summed E-state index contributed by atoms with van der Waals surface area (Å²) in [7, 11) is 0. The zero-order valence-electron chi connectivity index (χ0n) is 7.41. The lowest BCUT2D eigenvalue weighted by Crippen LogP contribution is -2.37. The Labute approximate surface area is 77.9 Å². The Hall–Kier alpha value is 0.660. The fourth-order valence-electron chi connectivity index (χ4n) is 1.08. The number of hydrogen-bond acceptors (Lipinski definition) is 3. The van der Waals surface area contributed by atoms with Crippen LogP contribution in [0.3, 0.4) is 0 Å². The largest absolute Gasteiger partial charge is 0.327 e. The van der Waals surface area contributed by atoms with Gasteiger partial charge in [0.15, 0.2) is 0 Å². The second-order valence-electron chi connectivity index (χ2n) is 3.28. The van der Waals surface area contributed by atoms with Crippen LogP contribution in [0.5, 0.6) is 0 Å². The summed E-state index contributed by atoms with van der Waals surface area (Å²) < 4.78 is 0. The van der Waals surface area contributed by atoms with Crippen molar-refractivity contribution in [3.63, 3.8) is 0 Å². The van der Waals surface area contributed by atoms with Gasteiger partial charge in [-0.25, -0.2) is 0 Å². The van der Waals surface area contributed by atoms with Crippen LogP contribution in [-0.4, -0.2) is 27.5 Å². The Morgan fingerprint density at radius 3 is 2.45 bits per heavy atom. The van der Waals surface area contributed by atoms with Crippen LogP contribution in [-0.2, 0) is 0 Å². The number of hydrogen-bond donors (Lipinski definition) is 1. The van der Waals surface area contributed by atoms with Crippen LogP contribution in [0.15, 0.2) is 0 Å². The molecule has 0 spiro atoms. The molecule has 11 heavy (non-hydrogen) atoms. The van der Waals surface area contributed by atoms with Gasteiger partial charge < -0.3 is 5.73 Å². The third kappa shape index (κ3) is 2.56. The summed E-state index contributed by atoms with van der Waals surface area (Å²) in [5.41, 5.74) is 5.84. The van der Waals surface area contributed by atoms with E-state index in [2.05, 4.69) is 44.3 Å². The molecule has 0 aromatic carbocycles. The van der Waals surface area contributed by atoms with Crippen molar-refractivity contribution in [2.75, 3.05) is 5.75 Å². The van der Waals surface area contributed by atoms with Gasteiger partial charge in [-0.2, -0.15) is 23.5 Å². The molecule has 1 saturated heterocycles. The van der Waals surface area contributed by atoms with Crippen LogP contribution in [0.25, 0.3) is 0 Å². The molecule has 2 N–H and O–H groups in total. The Morgan fingerprint density at radius 1 is 1.36 bits per heavy atom. The molecule has 3 heteroatoms. The Morgan fingerprint density at radius 2 is 2.00 bits per heavy atom. The first-order chi connectivity index (χ1) is 5.11. The molecular weight excluding hydrogens is 174 g/mol. The highest BCUT2D eigenvalue weighted by molar-refractivity contribution is 8.07. The van der Waals surface area contributed by atoms with E-state index in [0.29, 0.717) is 11.3 Å². The molecule has 1 heterocycles. The molecule has 1 rings (SSSR count). The summed E-state index contributed by atoms with van der Waals surface area (Å²) in [6.07, 6.45) is 0. The molecule has 0 amide bonds. The minimum Gasteiger partial charge on any atom is -0.327 e. The van der Waals surface area contributed by atoms with Gasteiger partial charge in [-0.05, 0) is 6.92 Å². The molecule has 66 valence electrons. The molecule has 0 bridgehead atoms. The van der Waals surface area contributed by atoms with Crippen LogP contribution in [0.1, 0.15) is 20.8 Å². The van der Waals surface area contributed by atoms with E-state index >= 15 is 0 Å². The molecule has 0 saturated carbocycles. The molecular formula is C8H17NS2.